The Balaban J connectivity index is 1.65. The highest BCUT2D eigenvalue weighted by Crippen LogP contribution is 2.66. The summed E-state index contributed by atoms with van der Waals surface area (Å²) in [6.07, 6.45) is 13.2. The number of allylic oxidation sites excluding steroid dienone is 1. The van der Waals surface area contributed by atoms with Crippen LogP contribution in [0.15, 0.2) is 11.6 Å². The first-order chi connectivity index (χ1) is 10.9. The predicted octanol–water partition coefficient (Wildman–Crippen LogP) is 4.24. The van der Waals surface area contributed by atoms with E-state index < -0.39 is 0 Å². The van der Waals surface area contributed by atoms with Gasteiger partial charge in [-0.1, -0.05) is 25.5 Å². The zero-order valence-corrected chi connectivity index (χ0v) is 15.4. The van der Waals surface area contributed by atoms with Crippen molar-refractivity contribution in [2.24, 2.45) is 46.0 Å². The molecule has 4 aliphatic rings. The minimum atomic E-state index is 0.361. The molecule has 23 heavy (non-hydrogen) atoms. The molecule has 3 fully saturated rings. The van der Waals surface area contributed by atoms with Gasteiger partial charge in [0.05, 0.1) is 0 Å². The van der Waals surface area contributed by atoms with Gasteiger partial charge in [0.2, 0.25) is 0 Å². The fourth-order valence-electron chi connectivity index (χ4n) is 7.59. The summed E-state index contributed by atoms with van der Waals surface area (Å²) in [7, 11) is 0. The van der Waals surface area contributed by atoms with Crippen molar-refractivity contribution in [1.29, 1.82) is 0 Å². The highest BCUT2D eigenvalue weighted by molar-refractivity contribution is 5.25. The van der Waals surface area contributed by atoms with Gasteiger partial charge in [-0.15, -0.1) is 0 Å². The van der Waals surface area contributed by atoms with Gasteiger partial charge in [0.1, 0.15) is 0 Å². The van der Waals surface area contributed by atoms with Crippen LogP contribution in [0.5, 0.6) is 0 Å². The zero-order valence-electron chi connectivity index (χ0n) is 15.4. The lowest BCUT2D eigenvalue weighted by Crippen LogP contribution is -2.52. The first-order valence-electron chi connectivity index (χ1n) is 10.1. The minimum absolute atomic E-state index is 0.361. The standard InChI is InChI=1S/C21H36N2/c1-13(22)17-6-7-18-16-5-4-14-12-15(23)8-10-20(14,2)19(16)9-11-21(17,18)3/h4,13,15-19H,5-12,22-23H2,1-3H3/t13-,15+,16-,17+,18-,19-,20+,21+/m0/s1. The molecule has 0 aliphatic heterocycles. The topological polar surface area (TPSA) is 52.0 Å². The molecule has 0 saturated heterocycles. The molecule has 3 saturated carbocycles. The Hall–Kier alpha value is -0.340. The fourth-order valence-corrected chi connectivity index (χ4v) is 7.59. The van der Waals surface area contributed by atoms with E-state index in [2.05, 4.69) is 26.8 Å². The fraction of sp³-hybridized carbons (Fsp3) is 0.905. The lowest BCUT2D eigenvalue weighted by molar-refractivity contribution is -0.0447. The first-order valence-corrected chi connectivity index (χ1v) is 10.1. The summed E-state index contributed by atoms with van der Waals surface area (Å²) in [5.74, 6) is 3.45. The second kappa shape index (κ2) is 5.33. The maximum atomic E-state index is 6.38. The van der Waals surface area contributed by atoms with E-state index in [1.165, 1.54) is 44.9 Å². The normalized spacial score (nSPS) is 53.8. The van der Waals surface area contributed by atoms with Gasteiger partial charge >= 0.3 is 0 Å². The van der Waals surface area contributed by atoms with Crippen LogP contribution in [0.1, 0.15) is 72.1 Å². The van der Waals surface area contributed by atoms with Gasteiger partial charge in [-0.25, -0.2) is 0 Å². The van der Waals surface area contributed by atoms with Crippen molar-refractivity contribution < 1.29 is 0 Å². The molecular weight excluding hydrogens is 280 g/mol. The van der Waals surface area contributed by atoms with Crippen LogP contribution in [0.25, 0.3) is 0 Å². The van der Waals surface area contributed by atoms with E-state index in [9.17, 15) is 0 Å². The van der Waals surface area contributed by atoms with E-state index in [0.29, 0.717) is 22.9 Å². The van der Waals surface area contributed by atoms with Crippen LogP contribution in [0.4, 0.5) is 0 Å². The molecule has 0 aromatic rings. The van der Waals surface area contributed by atoms with E-state index in [1.807, 2.05) is 0 Å². The minimum Gasteiger partial charge on any atom is -0.328 e. The summed E-state index contributed by atoms with van der Waals surface area (Å²) in [5, 5.41) is 0. The number of nitrogens with two attached hydrogens (primary N) is 2. The molecule has 0 radical (unpaired) electrons. The van der Waals surface area contributed by atoms with Gasteiger partial charge in [-0.05, 0) is 92.8 Å². The molecule has 4 rings (SSSR count). The van der Waals surface area contributed by atoms with Gasteiger partial charge in [0, 0.05) is 12.1 Å². The average molecular weight is 317 g/mol. The monoisotopic (exact) mass is 316 g/mol. The van der Waals surface area contributed by atoms with Gasteiger partial charge < -0.3 is 11.5 Å². The van der Waals surface area contributed by atoms with E-state index in [1.54, 1.807) is 5.57 Å². The second-order valence-electron chi connectivity index (χ2n) is 9.85. The van der Waals surface area contributed by atoms with Crippen LogP contribution in [0.2, 0.25) is 0 Å². The SMILES string of the molecule is C[C@H](N)[C@H]1CC[C@H]2[C@@H]3CC=C4C[C@H](N)CC[C@@]4(C)[C@H]3CC[C@]12C. The van der Waals surface area contributed by atoms with Gasteiger partial charge in [0.15, 0.2) is 0 Å². The van der Waals surface area contributed by atoms with Gasteiger partial charge in [-0.3, -0.25) is 0 Å². The van der Waals surface area contributed by atoms with Crippen molar-refractivity contribution in [1.82, 2.24) is 0 Å². The highest BCUT2D eigenvalue weighted by atomic mass is 14.7. The lowest BCUT2D eigenvalue weighted by atomic mass is 9.47. The molecule has 0 spiro atoms. The maximum Gasteiger partial charge on any atom is 0.00766 e. The molecule has 0 bridgehead atoms. The smallest absolute Gasteiger partial charge is 0.00766 e. The third-order valence-electron chi connectivity index (χ3n) is 8.85. The predicted molar refractivity (Wildman–Crippen MR) is 96.8 cm³/mol. The van der Waals surface area contributed by atoms with Crippen LogP contribution in [-0.4, -0.2) is 12.1 Å². The third-order valence-corrected chi connectivity index (χ3v) is 8.85. The molecule has 2 nitrogen and oxygen atoms in total. The Morgan fingerprint density at radius 1 is 1.09 bits per heavy atom. The molecule has 0 heterocycles. The Labute approximate surface area is 142 Å². The van der Waals surface area contributed by atoms with E-state index in [-0.39, 0.29) is 0 Å². The molecule has 8 atom stereocenters. The van der Waals surface area contributed by atoms with Crippen LogP contribution in [0, 0.1) is 34.5 Å². The van der Waals surface area contributed by atoms with Crippen LogP contribution in [0.3, 0.4) is 0 Å². The molecule has 4 N–H and O–H groups in total. The van der Waals surface area contributed by atoms with Crippen molar-refractivity contribution in [2.45, 2.75) is 84.2 Å². The van der Waals surface area contributed by atoms with E-state index >= 15 is 0 Å². The Bertz CT molecular complexity index is 510. The Morgan fingerprint density at radius 2 is 1.87 bits per heavy atom. The first kappa shape index (κ1) is 16.1. The van der Waals surface area contributed by atoms with E-state index in [0.717, 1.165) is 30.1 Å². The number of rotatable bonds is 1. The highest BCUT2D eigenvalue weighted by Gasteiger charge is 2.58. The van der Waals surface area contributed by atoms with E-state index in [4.69, 9.17) is 11.5 Å². The van der Waals surface area contributed by atoms with Crippen molar-refractivity contribution in [2.75, 3.05) is 0 Å². The molecular formula is C21H36N2. The summed E-state index contributed by atoms with van der Waals surface area (Å²) in [5.41, 5.74) is 15.3. The van der Waals surface area contributed by atoms with Gasteiger partial charge in [0.25, 0.3) is 0 Å². The number of hydrogen-bond donors (Lipinski definition) is 2. The second-order valence-corrected chi connectivity index (χ2v) is 9.85. The average Bonchev–Trinajstić information content (AvgIpc) is 2.85. The van der Waals surface area contributed by atoms with Crippen molar-refractivity contribution in [3.63, 3.8) is 0 Å². The maximum absolute atomic E-state index is 6.38. The summed E-state index contributed by atoms with van der Waals surface area (Å²) < 4.78 is 0. The third kappa shape index (κ3) is 2.20. The van der Waals surface area contributed by atoms with Gasteiger partial charge in [-0.2, -0.15) is 0 Å². The van der Waals surface area contributed by atoms with Crippen LogP contribution < -0.4 is 11.5 Å². The lowest BCUT2D eigenvalue weighted by Gasteiger charge is -2.58. The van der Waals surface area contributed by atoms with Crippen LogP contribution in [-0.2, 0) is 0 Å². The van der Waals surface area contributed by atoms with Crippen molar-refractivity contribution in [3.8, 4) is 0 Å². The quantitative estimate of drug-likeness (QED) is 0.711. The molecule has 0 unspecified atom stereocenters. The van der Waals surface area contributed by atoms with Crippen molar-refractivity contribution in [3.05, 3.63) is 11.6 Å². The molecule has 4 aliphatic carbocycles. The number of hydrogen-bond acceptors (Lipinski definition) is 2. The zero-order chi connectivity index (χ0) is 16.4. The Kier molecular flexibility index (Phi) is 3.74. The molecule has 130 valence electrons. The summed E-state index contributed by atoms with van der Waals surface area (Å²) in [4.78, 5) is 0. The largest absolute Gasteiger partial charge is 0.328 e. The summed E-state index contributed by atoms with van der Waals surface area (Å²) in [6.45, 7) is 7.39. The molecule has 0 amide bonds. The molecule has 0 aromatic carbocycles. The van der Waals surface area contributed by atoms with Crippen molar-refractivity contribution >= 4 is 0 Å². The summed E-state index contributed by atoms with van der Waals surface area (Å²) in [6, 6.07) is 0.771. The molecule has 0 aromatic heterocycles. The molecule has 2 heteroatoms. The summed E-state index contributed by atoms with van der Waals surface area (Å²) >= 11 is 0. The number of fused-ring (bicyclic) bond motifs is 5. The van der Waals surface area contributed by atoms with Crippen LogP contribution >= 0.6 is 0 Å². The Morgan fingerprint density at radius 3 is 2.61 bits per heavy atom.